The summed E-state index contributed by atoms with van der Waals surface area (Å²) in [5, 5.41) is 2.34. The average Bonchev–Trinajstić information content (AvgIpc) is 2.19. The number of halogens is 2. The summed E-state index contributed by atoms with van der Waals surface area (Å²) in [5.41, 5.74) is 0.589. The van der Waals surface area contributed by atoms with Crippen LogP contribution in [0, 0.1) is 5.41 Å². The van der Waals surface area contributed by atoms with Crippen LogP contribution in [0.3, 0.4) is 0 Å². The average molecular weight is 328 g/mol. The minimum atomic E-state index is 0.589. The molecule has 0 nitrogen and oxygen atoms in total. The summed E-state index contributed by atoms with van der Waals surface area (Å²) in [7, 11) is 0. The highest BCUT2D eigenvalue weighted by Crippen LogP contribution is 2.37. The molecule has 0 bridgehead atoms. The molecule has 0 rings (SSSR count). The van der Waals surface area contributed by atoms with Gasteiger partial charge in [0.1, 0.15) is 0 Å². The van der Waals surface area contributed by atoms with Gasteiger partial charge in [0.2, 0.25) is 0 Å². The van der Waals surface area contributed by atoms with Gasteiger partial charge >= 0.3 is 0 Å². The zero-order valence-corrected chi connectivity index (χ0v) is 12.8. The SMILES string of the molecule is CCCC(CBr)(CCC)CCCCBr. The monoisotopic (exact) mass is 326 g/mol. The van der Waals surface area contributed by atoms with Gasteiger partial charge in [-0.15, -0.1) is 0 Å². The van der Waals surface area contributed by atoms with Crippen molar-refractivity contribution in [3.8, 4) is 0 Å². The molecule has 0 fully saturated rings. The lowest BCUT2D eigenvalue weighted by atomic mass is 9.77. The molecule has 0 radical (unpaired) electrons. The molecule has 0 aromatic rings. The van der Waals surface area contributed by atoms with Crippen molar-refractivity contribution in [1.29, 1.82) is 0 Å². The summed E-state index contributed by atoms with van der Waals surface area (Å²) in [6.07, 6.45) is 9.49. The molecule has 14 heavy (non-hydrogen) atoms. The Hall–Kier alpha value is 0.960. The quantitative estimate of drug-likeness (QED) is 0.385. The lowest BCUT2D eigenvalue weighted by molar-refractivity contribution is 0.247. The van der Waals surface area contributed by atoms with Crippen LogP contribution >= 0.6 is 31.9 Å². The van der Waals surface area contributed by atoms with E-state index in [1.54, 1.807) is 0 Å². The maximum Gasteiger partial charge on any atom is 0.00879 e. The smallest absolute Gasteiger partial charge is 0.00879 e. The predicted octanol–water partition coefficient (Wildman–Crippen LogP) is 5.53. The third kappa shape index (κ3) is 5.75. The molecule has 0 N–H and O–H groups in total. The number of rotatable bonds is 9. The second-order valence-electron chi connectivity index (χ2n) is 4.28. The first-order chi connectivity index (χ1) is 6.74. The standard InChI is InChI=1S/C12H24Br2/c1-3-7-12(11-14,8-4-2)9-5-6-10-13/h3-11H2,1-2H3. The molecule has 0 atom stereocenters. The van der Waals surface area contributed by atoms with E-state index in [9.17, 15) is 0 Å². The highest BCUT2D eigenvalue weighted by atomic mass is 79.9. The molecule has 0 aromatic carbocycles. The van der Waals surface area contributed by atoms with E-state index in [0.717, 1.165) is 5.33 Å². The molecule has 0 aliphatic carbocycles. The van der Waals surface area contributed by atoms with Crippen LogP contribution in [0.25, 0.3) is 0 Å². The molecule has 0 aliphatic heterocycles. The van der Waals surface area contributed by atoms with Crippen LogP contribution < -0.4 is 0 Å². The highest BCUT2D eigenvalue weighted by molar-refractivity contribution is 9.09. The molecular formula is C12H24Br2. The van der Waals surface area contributed by atoms with Gasteiger partial charge in [-0.3, -0.25) is 0 Å². The van der Waals surface area contributed by atoms with Crippen molar-refractivity contribution in [2.75, 3.05) is 10.7 Å². The third-order valence-electron chi connectivity index (χ3n) is 2.93. The zero-order valence-electron chi connectivity index (χ0n) is 9.62. The van der Waals surface area contributed by atoms with Gasteiger partial charge in [-0.1, -0.05) is 65.0 Å². The number of hydrogen-bond acceptors (Lipinski definition) is 0. The Morgan fingerprint density at radius 3 is 1.79 bits per heavy atom. The Balaban J connectivity index is 4.03. The summed E-state index contributed by atoms with van der Waals surface area (Å²) < 4.78 is 0. The Labute approximate surface area is 106 Å². The van der Waals surface area contributed by atoms with Gasteiger partial charge in [-0.05, 0) is 31.1 Å². The largest absolute Gasteiger partial charge is 0.0928 e. The van der Waals surface area contributed by atoms with Gasteiger partial charge in [-0.25, -0.2) is 0 Å². The van der Waals surface area contributed by atoms with Gasteiger partial charge in [0.05, 0.1) is 0 Å². The molecule has 2 heteroatoms. The highest BCUT2D eigenvalue weighted by Gasteiger charge is 2.26. The van der Waals surface area contributed by atoms with Crippen LogP contribution in [0.1, 0.15) is 58.8 Å². The molecule has 0 saturated carbocycles. The van der Waals surface area contributed by atoms with E-state index >= 15 is 0 Å². The Bertz CT molecular complexity index is 117. The van der Waals surface area contributed by atoms with Crippen molar-refractivity contribution in [3.05, 3.63) is 0 Å². The zero-order chi connectivity index (χ0) is 10.9. The molecule has 0 heterocycles. The topological polar surface area (TPSA) is 0 Å². The van der Waals surface area contributed by atoms with E-state index in [4.69, 9.17) is 0 Å². The number of alkyl halides is 2. The molecular weight excluding hydrogens is 304 g/mol. The molecule has 86 valence electrons. The van der Waals surface area contributed by atoms with Crippen molar-refractivity contribution in [1.82, 2.24) is 0 Å². The minimum absolute atomic E-state index is 0.589. The molecule has 0 amide bonds. The molecule has 0 saturated heterocycles. The van der Waals surface area contributed by atoms with Gasteiger partial charge < -0.3 is 0 Å². The van der Waals surface area contributed by atoms with Crippen molar-refractivity contribution in [2.24, 2.45) is 5.41 Å². The Kier molecular flexibility index (Phi) is 9.84. The third-order valence-corrected chi connectivity index (χ3v) is 4.69. The Morgan fingerprint density at radius 2 is 1.43 bits per heavy atom. The predicted molar refractivity (Wildman–Crippen MR) is 73.7 cm³/mol. The van der Waals surface area contributed by atoms with E-state index < -0.39 is 0 Å². The summed E-state index contributed by atoms with van der Waals surface area (Å²) >= 11 is 7.22. The van der Waals surface area contributed by atoms with Gasteiger partial charge in [-0.2, -0.15) is 0 Å². The van der Waals surface area contributed by atoms with Crippen molar-refractivity contribution < 1.29 is 0 Å². The summed E-state index contributed by atoms with van der Waals surface area (Å²) in [5.74, 6) is 0. The van der Waals surface area contributed by atoms with E-state index in [1.165, 1.54) is 50.3 Å². The fourth-order valence-electron chi connectivity index (χ4n) is 2.23. The molecule has 0 spiro atoms. The van der Waals surface area contributed by atoms with E-state index in [1.807, 2.05) is 0 Å². The molecule has 0 aromatic heterocycles. The van der Waals surface area contributed by atoms with Crippen LogP contribution in [0.15, 0.2) is 0 Å². The van der Waals surface area contributed by atoms with Crippen LogP contribution in [-0.4, -0.2) is 10.7 Å². The minimum Gasteiger partial charge on any atom is -0.0928 e. The Morgan fingerprint density at radius 1 is 0.857 bits per heavy atom. The first-order valence-electron chi connectivity index (χ1n) is 5.86. The summed E-state index contributed by atoms with van der Waals surface area (Å²) in [6.45, 7) is 4.61. The summed E-state index contributed by atoms with van der Waals surface area (Å²) in [4.78, 5) is 0. The lowest BCUT2D eigenvalue weighted by Crippen LogP contribution is -2.22. The summed E-state index contributed by atoms with van der Waals surface area (Å²) in [6, 6.07) is 0. The number of unbranched alkanes of at least 4 members (excludes halogenated alkanes) is 1. The van der Waals surface area contributed by atoms with Crippen LogP contribution in [0.5, 0.6) is 0 Å². The maximum atomic E-state index is 3.72. The molecule has 0 unspecified atom stereocenters. The van der Waals surface area contributed by atoms with Crippen LogP contribution in [0.2, 0.25) is 0 Å². The lowest BCUT2D eigenvalue weighted by Gasteiger charge is -2.31. The van der Waals surface area contributed by atoms with E-state index in [-0.39, 0.29) is 0 Å². The molecule has 0 aliphatic rings. The van der Waals surface area contributed by atoms with Crippen molar-refractivity contribution in [2.45, 2.75) is 58.8 Å². The van der Waals surface area contributed by atoms with E-state index in [0.29, 0.717) is 5.41 Å². The van der Waals surface area contributed by atoms with Crippen molar-refractivity contribution >= 4 is 31.9 Å². The first-order valence-corrected chi connectivity index (χ1v) is 8.11. The van der Waals surface area contributed by atoms with Crippen LogP contribution in [0.4, 0.5) is 0 Å². The maximum absolute atomic E-state index is 3.72. The number of hydrogen-bond donors (Lipinski definition) is 0. The first kappa shape index (κ1) is 15.0. The van der Waals surface area contributed by atoms with Gasteiger partial charge in [0.15, 0.2) is 0 Å². The van der Waals surface area contributed by atoms with Crippen molar-refractivity contribution in [3.63, 3.8) is 0 Å². The van der Waals surface area contributed by atoms with E-state index in [2.05, 4.69) is 45.7 Å². The second-order valence-corrected chi connectivity index (χ2v) is 5.63. The second kappa shape index (κ2) is 9.21. The fourth-order valence-corrected chi connectivity index (χ4v) is 3.47. The fraction of sp³-hybridized carbons (Fsp3) is 1.00. The normalized spacial score (nSPS) is 12.0. The van der Waals surface area contributed by atoms with Gasteiger partial charge in [0.25, 0.3) is 0 Å². The van der Waals surface area contributed by atoms with Crippen LogP contribution in [-0.2, 0) is 0 Å². The van der Waals surface area contributed by atoms with Gasteiger partial charge in [0, 0.05) is 10.7 Å².